The van der Waals surface area contributed by atoms with Crippen LogP contribution in [0.25, 0.3) is 0 Å². The zero-order valence-electron chi connectivity index (χ0n) is 7.45. The summed E-state index contributed by atoms with van der Waals surface area (Å²) in [6, 6.07) is 0. The van der Waals surface area contributed by atoms with E-state index in [-0.39, 0.29) is 6.23 Å². The van der Waals surface area contributed by atoms with Crippen LogP contribution in [-0.4, -0.2) is 37.1 Å². The molecule has 1 unspecified atom stereocenters. The monoisotopic (exact) mass is 169 g/mol. The van der Waals surface area contributed by atoms with Gasteiger partial charge >= 0.3 is 0 Å². The van der Waals surface area contributed by atoms with Crippen LogP contribution in [-0.2, 0) is 9.53 Å². The van der Waals surface area contributed by atoms with Gasteiger partial charge in [0, 0.05) is 19.6 Å². The lowest BCUT2D eigenvalue weighted by Crippen LogP contribution is -2.43. The number of carbonyl (C=O) groups excluding carboxylic acids is 1. The van der Waals surface area contributed by atoms with Gasteiger partial charge in [-0.1, -0.05) is 0 Å². The van der Waals surface area contributed by atoms with Crippen LogP contribution < -0.4 is 0 Å². The number of piperidine rings is 1. The predicted molar refractivity (Wildman–Crippen MR) is 44.7 cm³/mol. The molecular formula is C9H15NO2. The number of ether oxygens (including phenoxy) is 1. The molecule has 3 saturated heterocycles. The number of hydrogen-bond donors (Lipinski definition) is 0. The van der Waals surface area contributed by atoms with Gasteiger partial charge in [-0.05, 0) is 19.3 Å². The Bertz CT molecular complexity index is 193. The molecule has 3 atom stereocenters. The summed E-state index contributed by atoms with van der Waals surface area (Å²) < 4.78 is 5.32. The molecule has 0 N–H and O–H groups in total. The highest BCUT2D eigenvalue weighted by molar-refractivity contribution is 5.83. The minimum absolute atomic E-state index is 0.196. The molecule has 0 spiro atoms. The summed E-state index contributed by atoms with van der Waals surface area (Å²) in [6.45, 7) is 1.65. The number of ketones is 1. The van der Waals surface area contributed by atoms with Gasteiger partial charge in [0.1, 0.15) is 12.0 Å². The largest absolute Gasteiger partial charge is 0.366 e. The second-order valence-electron chi connectivity index (χ2n) is 3.69. The van der Waals surface area contributed by atoms with Crippen molar-refractivity contribution in [2.24, 2.45) is 5.92 Å². The molecule has 3 fully saturated rings. The van der Waals surface area contributed by atoms with Crippen LogP contribution in [0.15, 0.2) is 0 Å². The minimum atomic E-state index is 0.196. The maximum atomic E-state index is 11.4. The van der Waals surface area contributed by atoms with Gasteiger partial charge in [-0.15, -0.1) is 0 Å². The minimum Gasteiger partial charge on any atom is -0.366 e. The molecule has 0 radical (unpaired) electrons. The Hall–Kier alpha value is -0.410. The maximum Gasteiger partial charge on any atom is 0.150 e. The predicted octanol–water partition coefficient (Wildman–Crippen LogP) is 0.644. The van der Waals surface area contributed by atoms with Gasteiger partial charge in [0.2, 0.25) is 0 Å². The van der Waals surface area contributed by atoms with Crippen LogP contribution >= 0.6 is 0 Å². The summed E-state index contributed by atoms with van der Waals surface area (Å²) >= 11 is 0. The Kier molecular flexibility index (Phi) is 2.15. The first-order chi connectivity index (χ1) is 5.81. The Balaban J connectivity index is 2.13. The van der Waals surface area contributed by atoms with Crippen molar-refractivity contribution in [2.75, 3.05) is 20.2 Å². The molecule has 0 aromatic carbocycles. The van der Waals surface area contributed by atoms with E-state index in [4.69, 9.17) is 4.74 Å². The standard InChI is InChI=1S/C9H15NO2/c1-12-9-3-2-7-4-5-10(9)6-8(7)11/h7,9H,2-6H2,1H3/t7-,9-/m1/s1. The SMILES string of the molecule is CO[C@@H]1CC[C@@H]2CCN1CC2=O. The van der Waals surface area contributed by atoms with Gasteiger partial charge in [-0.2, -0.15) is 0 Å². The third kappa shape index (κ3) is 1.27. The lowest BCUT2D eigenvalue weighted by atomic mass is 9.94. The van der Waals surface area contributed by atoms with Gasteiger partial charge < -0.3 is 4.74 Å². The van der Waals surface area contributed by atoms with Crippen LogP contribution in [0.3, 0.4) is 0 Å². The van der Waals surface area contributed by atoms with Crippen molar-refractivity contribution in [2.45, 2.75) is 25.5 Å². The molecule has 0 aromatic rings. The quantitative estimate of drug-likeness (QED) is 0.577. The summed E-state index contributed by atoms with van der Waals surface area (Å²) in [5, 5.41) is 0. The van der Waals surface area contributed by atoms with Gasteiger partial charge in [-0.25, -0.2) is 0 Å². The van der Waals surface area contributed by atoms with E-state index in [2.05, 4.69) is 4.90 Å². The molecule has 0 amide bonds. The van der Waals surface area contributed by atoms with Crippen molar-refractivity contribution in [3.63, 3.8) is 0 Å². The number of carbonyl (C=O) groups is 1. The van der Waals surface area contributed by atoms with E-state index in [1.54, 1.807) is 7.11 Å². The summed E-state index contributed by atoms with van der Waals surface area (Å²) in [6.07, 6.45) is 3.28. The average Bonchev–Trinajstić information content (AvgIpc) is 2.34. The fraction of sp³-hybridized carbons (Fsp3) is 0.889. The van der Waals surface area contributed by atoms with Gasteiger partial charge in [-0.3, -0.25) is 9.69 Å². The molecule has 3 heteroatoms. The normalized spacial score (nSPS) is 41.4. The fourth-order valence-corrected chi connectivity index (χ4v) is 2.24. The molecular weight excluding hydrogens is 154 g/mol. The molecule has 0 aliphatic carbocycles. The third-order valence-corrected chi connectivity index (χ3v) is 3.02. The first-order valence-corrected chi connectivity index (χ1v) is 4.61. The smallest absolute Gasteiger partial charge is 0.150 e. The maximum absolute atomic E-state index is 11.4. The zero-order chi connectivity index (χ0) is 8.55. The van der Waals surface area contributed by atoms with Crippen LogP contribution in [0.2, 0.25) is 0 Å². The van der Waals surface area contributed by atoms with E-state index in [0.29, 0.717) is 18.2 Å². The first-order valence-electron chi connectivity index (χ1n) is 4.61. The number of nitrogens with zero attached hydrogens (tertiary/aromatic N) is 1. The molecule has 3 rings (SSSR count). The van der Waals surface area contributed by atoms with E-state index >= 15 is 0 Å². The highest BCUT2D eigenvalue weighted by Crippen LogP contribution is 2.27. The Labute approximate surface area is 72.7 Å². The lowest BCUT2D eigenvalue weighted by Gasteiger charge is -2.30. The van der Waals surface area contributed by atoms with Crippen LogP contribution in [0, 0.1) is 5.92 Å². The summed E-state index contributed by atoms with van der Waals surface area (Å²) in [4.78, 5) is 13.6. The Morgan fingerprint density at radius 3 is 2.92 bits per heavy atom. The molecule has 0 saturated carbocycles. The number of Topliss-reactive ketones (excluding diaryl/α,β-unsaturated/α-hetero) is 1. The molecule has 3 heterocycles. The van der Waals surface area contributed by atoms with Gasteiger partial charge in [0.15, 0.2) is 0 Å². The second-order valence-corrected chi connectivity index (χ2v) is 3.69. The second kappa shape index (κ2) is 3.15. The summed E-state index contributed by atoms with van der Waals surface area (Å²) in [5.41, 5.74) is 0. The van der Waals surface area contributed by atoms with Crippen molar-refractivity contribution in [1.29, 1.82) is 0 Å². The molecule has 3 aliphatic rings. The summed E-state index contributed by atoms with van der Waals surface area (Å²) in [7, 11) is 1.73. The molecule has 0 aromatic heterocycles. The molecule has 2 bridgehead atoms. The zero-order valence-corrected chi connectivity index (χ0v) is 7.45. The van der Waals surface area contributed by atoms with Crippen molar-refractivity contribution < 1.29 is 9.53 Å². The highest BCUT2D eigenvalue weighted by Gasteiger charge is 2.35. The van der Waals surface area contributed by atoms with E-state index < -0.39 is 0 Å². The number of fused-ring (bicyclic) bond motifs is 4. The number of methoxy groups -OCH3 is 1. The molecule has 3 aliphatic heterocycles. The molecule has 3 nitrogen and oxygen atoms in total. The van der Waals surface area contributed by atoms with Crippen LogP contribution in [0.1, 0.15) is 19.3 Å². The van der Waals surface area contributed by atoms with Crippen molar-refractivity contribution in [1.82, 2.24) is 4.90 Å². The van der Waals surface area contributed by atoms with Gasteiger partial charge in [0.05, 0.1) is 6.54 Å². The summed E-state index contributed by atoms with van der Waals surface area (Å²) in [5.74, 6) is 0.752. The lowest BCUT2D eigenvalue weighted by molar-refractivity contribution is -0.128. The van der Waals surface area contributed by atoms with Crippen molar-refractivity contribution in [3.05, 3.63) is 0 Å². The highest BCUT2D eigenvalue weighted by atomic mass is 16.5. The number of hydrogen-bond acceptors (Lipinski definition) is 3. The van der Waals surface area contributed by atoms with Crippen LogP contribution in [0.4, 0.5) is 0 Å². The fourth-order valence-electron chi connectivity index (χ4n) is 2.24. The van der Waals surface area contributed by atoms with E-state index in [1.807, 2.05) is 0 Å². The first kappa shape index (κ1) is 8.20. The third-order valence-electron chi connectivity index (χ3n) is 3.02. The Morgan fingerprint density at radius 2 is 2.25 bits per heavy atom. The molecule has 68 valence electrons. The van der Waals surface area contributed by atoms with E-state index in [9.17, 15) is 4.79 Å². The molecule has 12 heavy (non-hydrogen) atoms. The van der Waals surface area contributed by atoms with Gasteiger partial charge in [0.25, 0.3) is 0 Å². The van der Waals surface area contributed by atoms with E-state index in [0.717, 1.165) is 25.8 Å². The van der Waals surface area contributed by atoms with Crippen molar-refractivity contribution >= 4 is 5.78 Å². The van der Waals surface area contributed by atoms with Crippen LogP contribution in [0.5, 0.6) is 0 Å². The van der Waals surface area contributed by atoms with E-state index in [1.165, 1.54) is 0 Å². The topological polar surface area (TPSA) is 29.5 Å². The Morgan fingerprint density at radius 1 is 1.42 bits per heavy atom. The number of rotatable bonds is 1. The van der Waals surface area contributed by atoms with Crippen molar-refractivity contribution in [3.8, 4) is 0 Å². The average molecular weight is 169 g/mol.